The minimum atomic E-state index is -0.361. The molecule has 0 saturated carbocycles. The number of allylic oxidation sites excluding steroid dienone is 2. The lowest BCUT2D eigenvalue weighted by atomic mass is 9.78. The van der Waals surface area contributed by atoms with Gasteiger partial charge >= 0.3 is 0 Å². The Kier molecular flexibility index (Phi) is 3.93. The van der Waals surface area contributed by atoms with Crippen LogP contribution in [0.4, 0.5) is 5.95 Å². The lowest BCUT2D eigenvalue weighted by molar-refractivity contribution is -0.116. The molecule has 1 N–H and O–H groups in total. The van der Waals surface area contributed by atoms with Crippen molar-refractivity contribution >= 4 is 11.7 Å². The zero-order valence-corrected chi connectivity index (χ0v) is 15.9. The Labute approximate surface area is 163 Å². The van der Waals surface area contributed by atoms with E-state index < -0.39 is 0 Å². The summed E-state index contributed by atoms with van der Waals surface area (Å²) in [6, 6.07) is 12.0. The van der Waals surface area contributed by atoms with Gasteiger partial charge in [-0.25, -0.2) is 4.68 Å². The highest BCUT2D eigenvalue weighted by atomic mass is 16.3. The van der Waals surface area contributed by atoms with Gasteiger partial charge in [-0.3, -0.25) is 4.79 Å². The first-order valence-electron chi connectivity index (χ1n) is 9.68. The van der Waals surface area contributed by atoms with Gasteiger partial charge in [0.1, 0.15) is 18.1 Å². The maximum Gasteiger partial charge on any atom is 0.226 e. The molecule has 3 heterocycles. The fourth-order valence-electron chi connectivity index (χ4n) is 4.25. The SMILES string of the molecule is CC(C)c1ccc([C@@H]2CC(=O)C3=C(C2)Nc2ncnn2[C@H]3c2ccco2)cc1. The van der Waals surface area contributed by atoms with E-state index in [2.05, 4.69) is 53.5 Å². The van der Waals surface area contributed by atoms with Gasteiger partial charge in [0.25, 0.3) is 0 Å². The van der Waals surface area contributed by atoms with Crippen LogP contribution in [0.3, 0.4) is 0 Å². The molecule has 28 heavy (non-hydrogen) atoms. The van der Waals surface area contributed by atoms with Crippen LogP contribution in [-0.2, 0) is 4.79 Å². The van der Waals surface area contributed by atoms with Crippen LogP contribution in [0.5, 0.6) is 0 Å². The van der Waals surface area contributed by atoms with Gasteiger partial charge in [0.05, 0.1) is 6.26 Å². The number of aromatic nitrogens is 3. The first kappa shape index (κ1) is 17.0. The number of nitrogens with one attached hydrogen (secondary N) is 1. The lowest BCUT2D eigenvalue weighted by Crippen LogP contribution is -2.33. The van der Waals surface area contributed by atoms with Crippen LogP contribution in [0.2, 0.25) is 0 Å². The fraction of sp³-hybridized carbons (Fsp3) is 0.318. The summed E-state index contributed by atoms with van der Waals surface area (Å²) in [5.74, 6) is 2.13. The van der Waals surface area contributed by atoms with Crippen molar-refractivity contribution in [2.24, 2.45) is 0 Å². The van der Waals surface area contributed by atoms with E-state index in [1.807, 2.05) is 12.1 Å². The third kappa shape index (κ3) is 2.68. The summed E-state index contributed by atoms with van der Waals surface area (Å²) < 4.78 is 7.37. The van der Waals surface area contributed by atoms with E-state index in [4.69, 9.17) is 4.42 Å². The first-order valence-corrected chi connectivity index (χ1v) is 9.68. The van der Waals surface area contributed by atoms with E-state index in [1.54, 1.807) is 10.9 Å². The number of benzene rings is 1. The minimum absolute atomic E-state index is 0.134. The molecular weight excluding hydrogens is 352 g/mol. The number of anilines is 1. The lowest BCUT2D eigenvalue weighted by Gasteiger charge is -2.34. The van der Waals surface area contributed by atoms with Gasteiger partial charge in [-0.15, -0.1) is 0 Å². The monoisotopic (exact) mass is 374 g/mol. The molecule has 2 atom stereocenters. The molecule has 6 nitrogen and oxygen atoms in total. The van der Waals surface area contributed by atoms with E-state index in [-0.39, 0.29) is 17.7 Å². The molecule has 0 radical (unpaired) electrons. The number of hydrogen-bond donors (Lipinski definition) is 1. The smallest absolute Gasteiger partial charge is 0.226 e. The predicted molar refractivity (Wildman–Crippen MR) is 105 cm³/mol. The average molecular weight is 374 g/mol. The van der Waals surface area contributed by atoms with Gasteiger partial charge in [-0.1, -0.05) is 38.1 Å². The topological polar surface area (TPSA) is 73.0 Å². The van der Waals surface area contributed by atoms with Crippen molar-refractivity contribution in [3.63, 3.8) is 0 Å². The van der Waals surface area contributed by atoms with E-state index in [0.717, 1.165) is 17.7 Å². The number of fused-ring (bicyclic) bond motifs is 1. The number of hydrogen-bond acceptors (Lipinski definition) is 5. The highest BCUT2D eigenvalue weighted by Crippen LogP contribution is 2.43. The molecule has 2 aromatic heterocycles. The van der Waals surface area contributed by atoms with Crippen LogP contribution in [-0.4, -0.2) is 20.5 Å². The van der Waals surface area contributed by atoms with Gasteiger partial charge in [0.15, 0.2) is 5.78 Å². The van der Waals surface area contributed by atoms with Gasteiger partial charge in [-0.2, -0.15) is 10.1 Å². The second kappa shape index (κ2) is 6.48. The molecule has 0 saturated heterocycles. The summed E-state index contributed by atoms with van der Waals surface area (Å²) in [6.45, 7) is 4.38. The molecule has 1 aliphatic heterocycles. The first-order chi connectivity index (χ1) is 13.6. The Morgan fingerprint density at radius 1 is 1.18 bits per heavy atom. The van der Waals surface area contributed by atoms with E-state index >= 15 is 0 Å². The Bertz CT molecular complexity index is 1040. The van der Waals surface area contributed by atoms with Crippen molar-refractivity contribution in [2.75, 3.05) is 5.32 Å². The molecule has 1 aliphatic carbocycles. The van der Waals surface area contributed by atoms with Gasteiger partial charge in [-0.05, 0) is 41.5 Å². The van der Waals surface area contributed by atoms with E-state index in [9.17, 15) is 4.79 Å². The summed E-state index contributed by atoms with van der Waals surface area (Å²) in [5, 5.41) is 7.66. The largest absolute Gasteiger partial charge is 0.467 e. The third-order valence-corrected chi connectivity index (χ3v) is 5.75. The number of rotatable bonds is 3. The summed E-state index contributed by atoms with van der Waals surface area (Å²) in [7, 11) is 0. The molecule has 0 unspecified atom stereocenters. The molecule has 2 aliphatic rings. The maximum atomic E-state index is 13.2. The van der Waals surface area contributed by atoms with Crippen molar-refractivity contribution in [3.8, 4) is 0 Å². The second-order valence-corrected chi connectivity index (χ2v) is 7.81. The van der Waals surface area contributed by atoms with Crippen molar-refractivity contribution < 1.29 is 9.21 Å². The quantitative estimate of drug-likeness (QED) is 0.735. The van der Waals surface area contributed by atoms with Gasteiger partial charge in [0, 0.05) is 17.7 Å². The molecule has 0 amide bonds. The third-order valence-electron chi connectivity index (χ3n) is 5.75. The number of furan rings is 1. The zero-order valence-electron chi connectivity index (χ0n) is 15.9. The minimum Gasteiger partial charge on any atom is -0.467 e. The van der Waals surface area contributed by atoms with Crippen LogP contribution < -0.4 is 5.32 Å². The van der Waals surface area contributed by atoms with E-state index in [1.165, 1.54) is 17.5 Å². The van der Waals surface area contributed by atoms with Crippen LogP contribution in [0.25, 0.3) is 0 Å². The summed E-state index contributed by atoms with van der Waals surface area (Å²) >= 11 is 0. The molecule has 0 bridgehead atoms. The van der Waals surface area contributed by atoms with Crippen LogP contribution in [0, 0.1) is 0 Å². The summed E-state index contributed by atoms with van der Waals surface area (Å²) in [6.07, 6.45) is 4.39. The Morgan fingerprint density at radius 2 is 2.00 bits per heavy atom. The van der Waals surface area contributed by atoms with E-state index in [0.29, 0.717) is 24.0 Å². The fourth-order valence-corrected chi connectivity index (χ4v) is 4.25. The highest BCUT2D eigenvalue weighted by molar-refractivity contribution is 6.00. The molecule has 3 aromatic rings. The molecule has 5 rings (SSSR count). The standard InChI is InChI=1S/C22H22N4O2/c1-13(2)14-5-7-15(8-6-14)16-10-17-20(18(27)11-16)21(19-4-3-9-28-19)26-22(25-17)23-12-24-26/h3-9,12-13,16,21H,10-11H2,1-2H3,(H,23,24,25)/t16-,21-/m0/s1. The number of nitrogens with zero attached hydrogens (tertiary/aromatic N) is 3. The number of carbonyl (C=O) groups is 1. The van der Waals surface area contributed by atoms with Crippen LogP contribution in [0.1, 0.15) is 61.5 Å². The summed E-state index contributed by atoms with van der Waals surface area (Å²) in [5.41, 5.74) is 4.18. The van der Waals surface area contributed by atoms with Crippen LogP contribution in [0.15, 0.2) is 64.7 Å². The zero-order chi connectivity index (χ0) is 19.3. The molecule has 142 valence electrons. The number of ketones is 1. The van der Waals surface area contributed by atoms with Crippen molar-refractivity contribution in [1.29, 1.82) is 0 Å². The number of Topliss-reactive ketones (excluding diaryl/α,β-unsaturated/α-hetero) is 1. The normalized spacial score (nSPS) is 21.5. The molecule has 0 spiro atoms. The molecule has 1 aromatic carbocycles. The van der Waals surface area contributed by atoms with Crippen LogP contribution >= 0.6 is 0 Å². The van der Waals surface area contributed by atoms with Crippen molar-refractivity contribution in [2.45, 2.75) is 44.6 Å². The maximum absolute atomic E-state index is 13.2. The highest BCUT2D eigenvalue weighted by Gasteiger charge is 2.40. The van der Waals surface area contributed by atoms with Gasteiger partial charge in [0.2, 0.25) is 5.95 Å². The van der Waals surface area contributed by atoms with Crippen molar-refractivity contribution in [3.05, 3.63) is 77.1 Å². The Hall–Kier alpha value is -3.15. The molecule has 0 fully saturated rings. The Balaban J connectivity index is 1.52. The van der Waals surface area contributed by atoms with Gasteiger partial charge < -0.3 is 9.73 Å². The average Bonchev–Trinajstić information content (AvgIpc) is 3.38. The summed E-state index contributed by atoms with van der Waals surface area (Å²) in [4.78, 5) is 17.5. The molecule has 6 heteroatoms. The second-order valence-electron chi connectivity index (χ2n) is 7.81. The van der Waals surface area contributed by atoms with Crippen molar-refractivity contribution in [1.82, 2.24) is 14.8 Å². The number of carbonyl (C=O) groups excluding carboxylic acids is 1. The Morgan fingerprint density at radius 3 is 2.71 bits per heavy atom. The predicted octanol–water partition coefficient (Wildman–Crippen LogP) is 4.41. The molecular formula is C22H22N4O2.